The zero-order valence-electron chi connectivity index (χ0n) is 12.6. The average molecular weight is 273 g/mol. The minimum Gasteiger partial charge on any atom is -0.496 e. The Morgan fingerprint density at radius 3 is 2.60 bits per heavy atom. The van der Waals surface area contributed by atoms with Crippen molar-refractivity contribution >= 4 is 0 Å². The molecule has 1 aromatic rings. The molecular formula is C18H27NO. The van der Waals surface area contributed by atoms with Crippen LogP contribution in [0.25, 0.3) is 0 Å². The van der Waals surface area contributed by atoms with Gasteiger partial charge >= 0.3 is 0 Å². The predicted octanol–water partition coefficient (Wildman–Crippen LogP) is 4.11. The van der Waals surface area contributed by atoms with Crippen LogP contribution in [0.4, 0.5) is 0 Å². The summed E-state index contributed by atoms with van der Waals surface area (Å²) in [6, 6.07) is 9.21. The first-order valence-corrected chi connectivity index (χ1v) is 8.23. The van der Waals surface area contributed by atoms with Crippen LogP contribution >= 0.6 is 0 Å². The minimum atomic E-state index is 0.690. The fourth-order valence-corrected chi connectivity index (χ4v) is 3.77. The van der Waals surface area contributed by atoms with Gasteiger partial charge in [-0.05, 0) is 55.7 Å². The van der Waals surface area contributed by atoms with Crippen molar-refractivity contribution in [1.29, 1.82) is 0 Å². The molecule has 0 unspecified atom stereocenters. The Balaban J connectivity index is 1.44. The van der Waals surface area contributed by atoms with Gasteiger partial charge in [0.2, 0.25) is 0 Å². The van der Waals surface area contributed by atoms with Gasteiger partial charge in [-0.1, -0.05) is 37.5 Å². The summed E-state index contributed by atoms with van der Waals surface area (Å²) in [5.41, 5.74) is 1.39. The first kappa shape index (κ1) is 13.9. The number of benzene rings is 1. The fraction of sp³-hybridized carbons (Fsp3) is 0.667. The molecule has 20 heavy (non-hydrogen) atoms. The molecule has 2 nitrogen and oxygen atoms in total. The molecule has 2 aliphatic rings. The Morgan fingerprint density at radius 2 is 1.85 bits per heavy atom. The second kappa shape index (κ2) is 6.62. The second-order valence-corrected chi connectivity index (χ2v) is 6.52. The summed E-state index contributed by atoms with van der Waals surface area (Å²) < 4.78 is 5.47. The summed E-state index contributed by atoms with van der Waals surface area (Å²) in [4.78, 5) is 0. The van der Waals surface area contributed by atoms with E-state index in [4.69, 9.17) is 4.74 Å². The van der Waals surface area contributed by atoms with Gasteiger partial charge in [0.15, 0.2) is 0 Å². The number of rotatable bonds is 5. The van der Waals surface area contributed by atoms with E-state index in [9.17, 15) is 0 Å². The van der Waals surface area contributed by atoms with Gasteiger partial charge in [-0.3, -0.25) is 0 Å². The lowest BCUT2D eigenvalue weighted by Gasteiger charge is -2.38. The van der Waals surface area contributed by atoms with Crippen LogP contribution in [0.5, 0.6) is 5.75 Å². The Morgan fingerprint density at radius 1 is 1.10 bits per heavy atom. The zero-order chi connectivity index (χ0) is 13.8. The summed E-state index contributed by atoms with van der Waals surface area (Å²) in [7, 11) is 1.77. The molecule has 2 aliphatic carbocycles. The van der Waals surface area contributed by atoms with Gasteiger partial charge in [0.25, 0.3) is 0 Å². The van der Waals surface area contributed by atoms with Crippen molar-refractivity contribution in [3.05, 3.63) is 29.8 Å². The van der Waals surface area contributed by atoms with E-state index in [0.717, 1.165) is 17.7 Å². The van der Waals surface area contributed by atoms with Crippen LogP contribution in [0, 0.1) is 5.92 Å². The molecule has 2 saturated carbocycles. The summed E-state index contributed by atoms with van der Waals surface area (Å²) in [6.45, 7) is 1.24. The quantitative estimate of drug-likeness (QED) is 0.871. The molecule has 2 fully saturated rings. The van der Waals surface area contributed by atoms with Crippen LogP contribution in [-0.4, -0.2) is 19.7 Å². The third-order valence-corrected chi connectivity index (χ3v) is 5.14. The maximum atomic E-state index is 5.47. The highest BCUT2D eigenvalue weighted by atomic mass is 16.5. The Kier molecular flexibility index (Phi) is 4.62. The van der Waals surface area contributed by atoms with Crippen molar-refractivity contribution in [3.63, 3.8) is 0 Å². The summed E-state index contributed by atoms with van der Waals surface area (Å²) >= 11 is 0. The number of nitrogens with one attached hydrogen (secondary N) is 1. The molecule has 0 spiro atoms. The van der Waals surface area contributed by atoms with Crippen molar-refractivity contribution in [2.75, 3.05) is 13.7 Å². The first-order chi connectivity index (χ1) is 9.86. The fourth-order valence-electron chi connectivity index (χ4n) is 3.77. The molecular weight excluding hydrogens is 246 g/mol. The van der Waals surface area contributed by atoms with Crippen molar-refractivity contribution in [1.82, 2.24) is 5.32 Å². The molecule has 0 radical (unpaired) electrons. The van der Waals surface area contributed by atoms with Crippen molar-refractivity contribution in [3.8, 4) is 5.75 Å². The van der Waals surface area contributed by atoms with E-state index in [1.165, 1.54) is 57.1 Å². The Bertz CT molecular complexity index is 419. The highest BCUT2D eigenvalue weighted by Crippen LogP contribution is 2.41. The van der Waals surface area contributed by atoms with Gasteiger partial charge in [0, 0.05) is 6.04 Å². The van der Waals surface area contributed by atoms with Crippen LogP contribution < -0.4 is 10.1 Å². The standard InChI is InChI=1S/C18H27NO/c1-20-18-10-6-5-9-17(18)15-11-16(12-15)19-13-14-7-3-2-4-8-14/h5-6,9-10,14-16,19H,2-4,7-8,11-13H2,1H3. The van der Waals surface area contributed by atoms with Crippen LogP contribution in [0.3, 0.4) is 0 Å². The van der Waals surface area contributed by atoms with Crippen LogP contribution in [-0.2, 0) is 0 Å². The van der Waals surface area contributed by atoms with Crippen molar-refractivity contribution in [2.45, 2.75) is 56.9 Å². The SMILES string of the molecule is COc1ccccc1C1CC(NCC2CCCCC2)C1. The summed E-state index contributed by atoms with van der Waals surface area (Å²) in [5, 5.41) is 3.79. The molecule has 0 bridgehead atoms. The van der Waals surface area contributed by atoms with Crippen molar-refractivity contribution < 1.29 is 4.74 Å². The number of methoxy groups -OCH3 is 1. The third kappa shape index (κ3) is 3.17. The average Bonchev–Trinajstić information content (AvgIpc) is 2.47. The lowest BCUT2D eigenvalue weighted by Crippen LogP contribution is -2.42. The summed E-state index contributed by atoms with van der Waals surface area (Å²) in [6.07, 6.45) is 9.77. The largest absolute Gasteiger partial charge is 0.496 e. The molecule has 0 atom stereocenters. The zero-order valence-corrected chi connectivity index (χ0v) is 12.6. The van der Waals surface area contributed by atoms with E-state index in [-0.39, 0.29) is 0 Å². The monoisotopic (exact) mass is 273 g/mol. The maximum Gasteiger partial charge on any atom is 0.122 e. The smallest absolute Gasteiger partial charge is 0.122 e. The predicted molar refractivity (Wildman–Crippen MR) is 83.3 cm³/mol. The van der Waals surface area contributed by atoms with E-state index < -0.39 is 0 Å². The second-order valence-electron chi connectivity index (χ2n) is 6.52. The highest BCUT2D eigenvalue weighted by molar-refractivity contribution is 5.37. The molecule has 110 valence electrons. The molecule has 0 saturated heterocycles. The Labute approximate surface area is 122 Å². The highest BCUT2D eigenvalue weighted by Gasteiger charge is 2.32. The number of hydrogen-bond acceptors (Lipinski definition) is 2. The maximum absolute atomic E-state index is 5.47. The van der Waals surface area contributed by atoms with Gasteiger partial charge in [0.05, 0.1) is 7.11 Å². The molecule has 0 aromatic heterocycles. The van der Waals surface area contributed by atoms with Gasteiger partial charge < -0.3 is 10.1 Å². The van der Waals surface area contributed by atoms with E-state index in [1.54, 1.807) is 7.11 Å². The third-order valence-electron chi connectivity index (χ3n) is 5.14. The molecule has 1 aromatic carbocycles. The van der Waals surface area contributed by atoms with Crippen molar-refractivity contribution in [2.24, 2.45) is 5.92 Å². The number of hydrogen-bond donors (Lipinski definition) is 1. The number of para-hydroxylation sites is 1. The lowest BCUT2D eigenvalue weighted by molar-refractivity contribution is 0.252. The molecule has 3 rings (SSSR count). The van der Waals surface area contributed by atoms with Gasteiger partial charge in [0.1, 0.15) is 5.75 Å². The molecule has 0 amide bonds. The Hall–Kier alpha value is -1.02. The minimum absolute atomic E-state index is 0.690. The molecule has 1 N–H and O–H groups in total. The molecule has 0 aliphatic heterocycles. The van der Waals surface area contributed by atoms with Crippen LogP contribution in [0.1, 0.15) is 56.4 Å². The van der Waals surface area contributed by atoms with Crippen LogP contribution in [0.15, 0.2) is 24.3 Å². The number of ether oxygens (including phenoxy) is 1. The normalized spacial score (nSPS) is 27.1. The lowest BCUT2D eigenvalue weighted by atomic mass is 9.75. The topological polar surface area (TPSA) is 21.3 Å². The van der Waals surface area contributed by atoms with Gasteiger partial charge in [-0.15, -0.1) is 0 Å². The van der Waals surface area contributed by atoms with Crippen LogP contribution in [0.2, 0.25) is 0 Å². The first-order valence-electron chi connectivity index (χ1n) is 8.23. The molecule has 2 heteroatoms. The summed E-state index contributed by atoms with van der Waals surface area (Å²) in [5.74, 6) is 2.69. The molecule has 0 heterocycles. The van der Waals surface area contributed by atoms with E-state index in [0.29, 0.717) is 5.92 Å². The van der Waals surface area contributed by atoms with Gasteiger partial charge in [-0.25, -0.2) is 0 Å². The van der Waals surface area contributed by atoms with E-state index >= 15 is 0 Å². The van der Waals surface area contributed by atoms with E-state index in [1.807, 2.05) is 0 Å². The van der Waals surface area contributed by atoms with Gasteiger partial charge in [-0.2, -0.15) is 0 Å². The van der Waals surface area contributed by atoms with E-state index in [2.05, 4.69) is 29.6 Å².